The smallest absolute Gasteiger partial charge is 0.000719 e. The molecule has 0 aromatic carbocycles. The molecule has 0 saturated carbocycles. The minimum atomic E-state index is 1.01. The first-order chi connectivity index (χ1) is 6.74. The second-order valence-electron chi connectivity index (χ2n) is 5.40. The molecular weight excluding hydrogens is 172 g/mol. The topological polar surface area (TPSA) is 6.48 Å². The average molecular weight is 196 g/mol. The van der Waals surface area contributed by atoms with Gasteiger partial charge in [0.1, 0.15) is 0 Å². The summed E-state index contributed by atoms with van der Waals surface area (Å²) in [4.78, 5) is 4.96. The lowest BCUT2D eigenvalue weighted by Crippen LogP contribution is -2.31. The fraction of sp³-hybridized carbons (Fsp3) is 1.00. The highest BCUT2D eigenvalue weighted by atomic mass is 15.1. The summed E-state index contributed by atoms with van der Waals surface area (Å²) in [7, 11) is 4.51. The summed E-state index contributed by atoms with van der Waals surface area (Å²) in [5, 5.41) is 0. The fourth-order valence-corrected chi connectivity index (χ4v) is 2.99. The predicted octanol–water partition coefficient (Wildman–Crippen LogP) is 1.67. The number of rotatable bonds is 2. The molecule has 2 heteroatoms. The fourth-order valence-electron chi connectivity index (χ4n) is 2.99. The molecular formula is C12H24N2. The molecule has 2 nitrogen and oxygen atoms in total. The Bertz CT molecular complexity index is 173. The molecule has 2 heterocycles. The Kier molecular flexibility index (Phi) is 3.45. The molecule has 0 N–H and O–H groups in total. The third kappa shape index (κ3) is 2.71. The molecule has 0 spiro atoms. The molecule has 0 bridgehead atoms. The minimum Gasteiger partial charge on any atom is -0.306 e. The molecule has 0 aliphatic carbocycles. The van der Waals surface area contributed by atoms with Crippen LogP contribution >= 0.6 is 0 Å². The van der Waals surface area contributed by atoms with E-state index in [1.807, 2.05) is 0 Å². The van der Waals surface area contributed by atoms with Gasteiger partial charge in [0, 0.05) is 6.54 Å². The highest BCUT2D eigenvalue weighted by Gasteiger charge is 2.24. The molecule has 82 valence electrons. The van der Waals surface area contributed by atoms with E-state index in [4.69, 9.17) is 0 Å². The lowest BCUT2D eigenvalue weighted by atomic mass is 9.87. The molecule has 2 fully saturated rings. The molecule has 2 rings (SSSR count). The second kappa shape index (κ2) is 4.63. The van der Waals surface area contributed by atoms with Gasteiger partial charge in [-0.25, -0.2) is 0 Å². The van der Waals surface area contributed by atoms with E-state index in [2.05, 4.69) is 23.9 Å². The van der Waals surface area contributed by atoms with E-state index < -0.39 is 0 Å². The first-order valence-corrected chi connectivity index (χ1v) is 6.11. The molecule has 2 aliphatic heterocycles. The van der Waals surface area contributed by atoms with Crippen LogP contribution in [0, 0.1) is 11.8 Å². The van der Waals surface area contributed by atoms with Gasteiger partial charge >= 0.3 is 0 Å². The van der Waals surface area contributed by atoms with Gasteiger partial charge in [0.05, 0.1) is 0 Å². The van der Waals surface area contributed by atoms with Crippen LogP contribution in [0.2, 0.25) is 0 Å². The van der Waals surface area contributed by atoms with Crippen molar-refractivity contribution in [2.75, 3.05) is 40.3 Å². The Balaban J connectivity index is 1.70. The highest BCUT2D eigenvalue weighted by Crippen LogP contribution is 2.28. The Morgan fingerprint density at radius 2 is 1.43 bits per heavy atom. The van der Waals surface area contributed by atoms with E-state index >= 15 is 0 Å². The van der Waals surface area contributed by atoms with Crippen molar-refractivity contribution in [1.29, 1.82) is 0 Å². The van der Waals surface area contributed by atoms with Crippen molar-refractivity contribution in [3.8, 4) is 0 Å². The second-order valence-corrected chi connectivity index (χ2v) is 5.40. The summed E-state index contributed by atoms with van der Waals surface area (Å²) in [5.74, 6) is 2.04. The van der Waals surface area contributed by atoms with Crippen molar-refractivity contribution in [3.63, 3.8) is 0 Å². The van der Waals surface area contributed by atoms with Crippen LogP contribution in [0.4, 0.5) is 0 Å². The number of hydrogen-bond donors (Lipinski definition) is 0. The van der Waals surface area contributed by atoms with Crippen molar-refractivity contribution in [1.82, 2.24) is 9.80 Å². The first kappa shape index (κ1) is 10.4. The van der Waals surface area contributed by atoms with E-state index in [1.54, 1.807) is 0 Å². The van der Waals surface area contributed by atoms with Gasteiger partial charge in [-0.2, -0.15) is 0 Å². The van der Waals surface area contributed by atoms with Crippen LogP contribution in [0.25, 0.3) is 0 Å². The van der Waals surface area contributed by atoms with E-state index in [1.165, 1.54) is 51.9 Å². The van der Waals surface area contributed by atoms with Gasteiger partial charge in [0.25, 0.3) is 0 Å². The van der Waals surface area contributed by atoms with Gasteiger partial charge in [-0.05, 0) is 71.2 Å². The molecule has 0 aromatic rings. The summed E-state index contributed by atoms with van der Waals surface area (Å²) >= 11 is 0. The summed E-state index contributed by atoms with van der Waals surface area (Å²) in [5.41, 5.74) is 0. The third-order valence-corrected chi connectivity index (χ3v) is 3.99. The van der Waals surface area contributed by atoms with Crippen LogP contribution < -0.4 is 0 Å². The lowest BCUT2D eigenvalue weighted by Gasteiger charge is -2.30. The number of likely N-dealkylation sites (tertiary alicyclic amines) is 2. The molecule has 0 amide bonds. The number of piperidine rings is 1. The van der Waals surface area contributed by atoms with Crippen LogP contribution in [0.3, 0.4) is 0 Å². The molecule has 2 aliphatic rings. The molecule has 0 aromatic heterocycles. The van der Waals surface area contributed by atoms with Crippen molar-refractivity contribution in [3.05, 3.63) is 0 Å². The monoisotopic (exact) mass is 196 g/mol. The highest BCUT2D eigenvalue weighted by molar-refractivity contribution is 4.78. The van der Waals surface area contributed by atoms with Crippen LogP contribution in [-0.2, 0) is 0 Å². The van der Waals surface area contributed by atoms with Gasteiger partial charge in [0.2, 0.25) is 0 Å². The molecule has 0 unspecified atom stereocenters. The SMILES string of the molecule is CN1CCC(C[C@@H]2CCN(C)C2)CC1. The number of hydrogen-bond acceptors (Lipinski definition) is 2. The van der Waals surface area contributed by atoms with Gasteiger partial charge < -0.3 is 9.80 Å². The molecule has 1 atom stereocenters. The average Bonchev–Trinajstić information content (AvgIpc) is 2.56. The van der Waals surface area contributed by atoms with Crippen molar-refractivity contribution in [2.24, 2.45) is 11.8 Å². The quantitative estimate of drug-likeness (QED) is 0.663. The predicted molar refractivity (Wildman–Crippen MR) is 60.4 cm³/mol. The summed E-state index contributed by atoms with van der Waals surface area (Å²) in [6.45, 7) is 5.34. The summed E-state index contributed by atoms with van der Waals surface area (Å²) < 4.78 is 0. The van der Waals surface area contributed by atoms with E-state index in [0.29, 0.717) is 0 Å². The van der Waals surface area contributed by atoms with Crippen molar-refractivity contribution < 1.29 is 0 Å². The maximum Gasteiger partial charge on any atom is 0.000719 e. The van der Waals surface area contributed by atoms with Crippen LogP contribution in [0.15, 0.2) is 0 Å². The van der Waals surface area contributed by atoms with E-state index in [-0.39, 0.29) is 0 Å². The molecule has 2 saturated heterocycles. The first-order valence-electron chi connectivity index (χ1n) is 6.11. The standard InChI is InChI=1S/C12H24N2/c1-13-6-3-11(4-7-13)9-12-5-8-14(2)10-12/h11-12H,3-10H2,1-2H3/t12-/m0/s1. The van der Waals surface area contributed by atoms with Crippen molar-refractivity contribution >= 4 is 0 Å². The van der Waals surface area contributed by atoms with E-state index in [9.17, 15) is 0 Å². The van der Waals surface area contributed by atoms with Gasteiger partial charge in [-0.1, -0.05) is 0 Å². The lowest BCUT2D eigenvalue weighted by molar-refractivity contribution is 0.195. The largest absolute Gasteiger partial charge is 0.306 e. The molecule has 14 heavy (non-hydrogen) atoms. The number of nitrogens with zero attached hydrogens (tertiary/aromatic N) is 2. The van der Waals surface area contributed by atoms with Gasteiger partial charge in [-0.15, -0.1) is 0 Å². The zero-order chi connectivity index (χ0) is 9.97. The Hall–Kier alpha value is -0.0800. The van der Waals surface area contributed by atoms with Gasteiger partial charge in [-0.3, -0.25) is 0 Å². The van der Waals surface area contributed by atoms with E-state index in [0.717, 1.165) is 11.8 Å². The maximum absolute atomic E-state index is 2.49. The Morgan fingerprint density at radius 1 is 0.857 bits per heavy atom. The molecule has 0 radical (unpaired) electrons. The third-order valence-electron chi connectivity index (χ3n) is 3.99. The van der Waals surface area contributed by atoms with Crippen molar-refractivity contribution in [2.45, 2.75) is 25.7 Å². The van der Waals surface area contributed by atoms with Gasteiger partial charge in [0.15, 0.2) is 0 Å². The van der Waals surface area contributed by atoms with Crippen LogP contribution in [-0.4, -0.2) is 50.1 Å². The van der Waals surface area contributed by atoms with Crippen LogP contribution in [0.1, 0.15) is 25.7 Å². The van der Waals surface area contributed by atoms with Crippen LogP contribution in [0.5, 0.6) is 0 Å². The normalized spacial score (nSPS) is 32.6. The summed E-state index contributed by atoms with van der Waals surface area (Å²) in [6.07, 6.45) is 5.83. The zero-order valence-electron chi connectivity index (χ0n) is 9.71. The summed E-state index contributed by atoms with van der Waals surface area (Å²) in [6, 6.07) is 0. The Morgan fingerprint density at radius 3 is 2.00 bits per heavy atom. The maximum atomic E-state index is 2.49. The zero-order valence-corrected chi connectivity index (χ0v) is 9.71. The Labute approximate surface area is 88.3 Å². The minimum absolute atomic E-state index is 1.01.